The number of carbonyl (C=O) groups is 1. The second-order valence-electron chi connectivity index (χ2n) is 7.21. The average Bonchev–Trinajstić information content (AvgIpc) is 2.99. The van der Waals surface area contributed by atoms with Crippen LogP contribution in [0.5, 0.6) is 0 Å². The summed E-state index contributed by atoms with van der Waals surface area (Å²) in [7, 11) is 1.54. The van der Waals surface area contributed by atoms with Crippen LogP contribution in [0.1, 0.15) is 68.4 Å². The number of alkyl halides is 2. The molecular weight excluding hydrogens is 348 g/mol. The fourth-order valence-corrected chi connectivity index (χ4v) is 3.86. The number of carbonyl (C=O) groups excluding carboxylic acids is 1. The molecule has 1 aliphatic rings. The fourth-order valence-electron chi connectivity index (χ4n) is 3.86. The predicted octanol–water partition coefficient (Wildman–Crippen LogP) is 5.12. The second-order valence-corrected chi connectivity index (χ2v) is 7.21. The molecule has 27 heavy (non-hydrogen) atoms. The van der Waals surface area contributed by atoms with Crippen LogP contribution in [-0.4, -0.2) is 21.2 Å². The number of halogens is 2. The van der Waals surface area contributed by atoms with Crippen molar-refractivity contribution >= 4 is 5.91 Å². The van der Waals surface area contributed by atoms with E-state index in [0.29, 0.717) is 0 Å². The fraction of sp³-hybridized carbons (Fsp3) is 0.524. The Morgan fingerprint density at radius 2 is 2.15 bits per heavy atom. The molecule has 1 aliphatic carbocycles. The van der Waals surface area contributed by atoms with Crippen molar-refractivity contribution in [2.75, 3.05) is 0 Å². The first-order valence-electron chi connectivity index (χ1n) is 9.50. The van der Waals surface area contributed by atoms with Gasteiger partial charge in [-0.15, -0.1) is 0 Å². The smallest absolute Gasteiger partial charge is 0.282 e. The van der Waals surface area contributed by atoms with Crippen LogP contribution in [0.4, 0.5) is 8.78 Å². The minimum atomic E-state index is -2.80. The zero-order valence-corrected chi connectivity index (χ0v) is 16.3. The molecule has 6 heteroatoms. The van der Waals surface area contributed by atoms with E-state index in [2.05, 4.69) is 30.8 Å². The Labute approximate surface area is 160 Å². The first-order chi connectivity index (χ1) is 12.8. The van der Waals surface area contributed by atoms with Crippen LogP contribution < -0.4 is 5.32 Å². The highest BCUT2D eigenvalue weighted by molar-refractivity contribution is 5.96. The monoisotopic (exact) mass is 377 g/mol. The molecule has 1 N–H and O–H groups in total. The number of aromatic nitrogens is 2. The highest BCUT2D eigenvalue weighted by Crippen LogP contribution is 2.35. The molecule has 0 fully saturated rings. The summed E-state index contributed by atoms with van der Waals surface area (Å²) in [5.74, 6) is -0.362. The molecule has 0 aromatic carbocycles. The summed E-state index contributed by atoms with van der Waals surface area (Å²) in [5, 5.41) is 6.85. The highest BCUT2D eigenvalue weighted by Gasteiger charge is 2.38. The quantitative estimate of drug-likeness (QED) is 0.717. The standard InChI is InChI=1S/C21H29F2N3O/c1-5-9-16-13-15(3)10-7-8-12-21(16,11-6-2)24-20(27)17-14-26(4)25-18(17)19(22)23/h7-8,10,12,14,16,19H,3,5-6,9,11,13H2,1-2,4H3,(H,24,27)/b10-7-,12-8-. The van der Waals surface area contributed by atoms with Crippen molar-refractivity contribution in [1.82, 2.24) is 15.1 Å². The van der Waals surface area contributed by atoms with E-state index >= 15 is 0 Å². The molecule has 0 radical (unpaired) electrons. The van der Waals surface area contributed by atoms with Crippen molar-refractivity contribution < 1.29 is 13.6 Å². The van der Waals surface area contributed by atoms with Crippen LogP contribution in [0.2, 0.25) is 0 Å². The number of amides is 1. The minimum absolute atomic E-state index is 0.0666. The van der Waals surface area contributed by atoms with Crippen molar-refractivity contribution in [3.63, 3.8) is 0 Å². The van der Waals surface area contributed by atoms with Gasteiger partial charge in [0.05, 0.1) is 11.1 Å². The lowest BCUT2D eigenvalue weighted by atomic mass is 9.73. The molecule has 1 heterocycles. The number of nitrogens with one attached hydrogen (secondary N) is 1. The maximum atomic E-state index is 13.3. The number of aryl methyl sites for hydroxylation is 1. The summed E-state index contributed by atoms with van der Waals surface area (Å²) in [5.41, 5.74) is -0.150. The van der Waals surface area contributed by atoms with Gasteiger partial charge in [0.15, 0.2) is 0 Å². The molecule has 0 spiro atoms. The summed E-state index contributed by atoms with van der Waals surface area (Å²) in [6, 6.07) is 0. The molecule has 2 unspecified atom stereocenters. The van der Waals surface area contributed by atoms with E-state index < -0.39 is 23.6 Å². The largest absolute Gasteiger partial charge is 0.343 e. The Kier molecular flexibility index (Phi) is 7.11. The number of rotatable bonds is 7. The van der Waals surface area contributed by atoms with E-state index in [0.717, 1.165) is 37.7 Å². The molecular formula is C21H29F2N3O. The van der Waals surface area contributed by atoms with Crippen molar-refractivity contribution in [3.05, 3.63) is 53.9 Å². The molecule has 0 saturated carbocycles. The predicted molar refractivity (Wildman–Crippen MR) is 104 cm³/mol. The van der Waals surface area contributed by atoms with Gasteiger partial charge in [-0.05, 0) is 25.2 Å². The number of allylic oxidation sites excluding steroid dienone is 4. The van der Waals surface area contributed by atoms with Crippen LogP contribution in [-0.2, 0) is 7.05 Å². The summed E-state index contributed by atoms with van der Waals surface area (Å²) in [6.45, 7) is 8.27. The SMILES string of the molecule is C=C1/C=C\C=C/C(CCC)(NC(=O)c2cn(C)nc2C(F)F)C(CCC)C1. The average molecular weight is 377 g/mol. The van der Waals surface area contributed by atoms with E-state index in [4.69, 9.17) is 0 Å². The molecule has 0 saturated heterocycles. The first kappa shape index (κ1) is 21.1. The molecule has 4 nitrogen and oxygen atoms in total. The molecule has 2 rings (SSSR count). The Balaban J connectivity index is 2.43. The van der Waals surface area contributed by atoms with Crippen molar-refractivity contribution in [2.45, 2.75) is 57.9 Å². The van der Waals surface area contributed by atoms with E-state index in [1.54, 1.807) is 0 Å². The van der Waals surface area contributed by atoms with Gasteiger partial charge >= 0.3 is 0 Å². The third-order valence-corrected chi connectivity index (χ3v) is 5.03. The molecule has 1 aromatic heterocycles. The Hall–Kier alpha value is -2.24. The summed E-state index contributed by atoms with van der Waals surface area (Å²) < 4.78 is 27.9. The molecule has 148 valence electrons. The Morgan fingerprint density at radius 1 is 1.41 bits per heavy atom. The number of hydrogen-bond donors (Lipinski definition) is 1. The van der Waals surface area contributed by atoms with Crippen LogP contribution in [0.15, 0.2) is 42.7 Å². The Morgan fingerprint density at radius 3 is 2.78 bits per heavy atom. The summed E-state index contributed by atoms with van der Waals surface area (Å²) >= 11 is 0. The Bertz CT molecular complexity index is 736. The highest BCUT2D eigenvalue weighted by atomic mass is 19.3. The van der Waals surface area contributed by atoms with Crippen LogP contribution in [0, 0.1) is 5.92 Å². The minimum Gasteiger partial charge on any atom is -0.343 e. The summed E-state index contributed by atoms with van der Waals surface area (Å²) in [6.07, 6.45) is 10.6. The molecule has 1 amide bonds. The molecule has 0 bridgehead atoms. The zero-order valence-electron chi connectivity index (χ0n) is 16.3. The van der Waals surface area contributed by atoms with E-state index in [1.165, 1.54) is 17.9 Å². The van der Waals surface area contributed by atoms with E-state index in [9.17, 15) is 13.6 Å². The maximum absolute atomic E-state index is 13.3. The first-order valence-corrected chi connectivity index (χ1v) is 9.50. The zero-order chi connectivity index (χ0) is 20.0. The van der Waals surface area contributed by atoms with Gasteiger partial charge in [-0.3, -0.25) is 9.48 Å². The third-order valence-electron chi connectivity index (χ3n) is 5.03. The number of nitrogens with zero attached hydrogens (tertiary/aromatic N) is 2. The van der Waals surface area contributed by atoms with E-state index in [-0.39, 0.29) is 11.5 Å². The van der Waals surface area contributed by atoms with E-state index in [1.807, 2.05) is 24.3 Å². The van der Waals surface area contributed by atoms with Crippen LogP contribution in [0.3, 0.4) is 0 Å². The van der Waals surface area contributed by atoms with Crippen LogP contribution in [0.25, 0.3) is 0 Å². The third kappa shape index (κ3) is 4.93. The van der Waals surface area contributed by atoms with Gasteiger partial charge in [0.25, 0.3) is 12.3 Å². The van der Waals surface area contributed by atoms with Gasteiger partial charge in [-0.2, -0.15) is 5.10 Å². The lowest BCUT2D eigenvalue weighted by molar-refractivity contribution is 0.0860. The maximum Gasteiger partial charge on any atom is 0.282 e. The van der Waals surface area contributed by atoms with Gasteiger partial charge in [0.1, 0.15) is 5.69 Å². The molecule has 2 atom stereocenters. The lowest BCUT2D eigenvalue weighted by Crippen LogP contribution is -2.53. The second kappa shape index (κ2) is 9.11. The van der Waals surface area contributed by atoms with Gasteiger partial charge in [-0.25, -0.2) is 8.78 Å². The van der Waals surface area contributed by atoms with Gasteiger partial charge in [0.2, 0.25) is 0 Å². The van der Waals surface area contributed by atoms with Crippen molar-refractivity contribution in [2.24, 2.45) is 13.0 Å². The topological polar surface area (TPSA) is 46.9 Å². The van der Waals surface area contributed by atoms with Gasteiger partial charge < -0.3 is 5.32 Å². The molecule has 1 aromatic rings. The van der Waals surface area contributed by atoms with Crippen molar-refractivity contribution in [3.8, 4) is 0 Å². The van der Waals surface area contributed by atoms with Crippen molar-refractivity contribution in [1.29, 1.82) is 0 Å². The lowest BCUT2D eigenvalue weighted by Gasteiger charge is -2.40. The van der Waals surface area contributed by atoms with Crippen LogP contribution >= 0.6 is 0 Å². The summed E-state index contributed by atoms with van der Waals surface area (Å²) in [4.78, 5) is 13.0. The normalized spacial score (nSPS) is 25.1. The van der Waals surface area contributed by atoms with Gasteiger partial charge in [0, 0.05) is 13.2 Å². The number of hydrogen-bond acceptors (Lipinski definition) is 2. The molecule has 0 aliphatic heterocycles. The van der Waals surface area contributed by atoms with Gasteiger partial charge in [-0.1, -0.05) is 63.1 Å².